The molecule has 21 heavy (non-hydrogen) atoms. The average Bonchev–Trinajstić information content (AvgIpc) is 2.38. The summed E-state index contributed by atoms with van der Waals surface area (Å²) in [6.45, 7) is 1.25. The summed E-state index contributed by atoms with van der Waals surface area (Å²) in [6.07, 6.45) is -9.08. The largest absolute Gasteiger partial charge is 0.416 e. The monoisotopic (exact) mass is 312 g/mol. The fourth-order valence-corrected chi connectivity index (χ4v) is 2.40. The first kappa shape index (κ1) is 16.1. The second kappa shape index (κ2) is 5.84. The van der Waals surface area contributed by atoms with E-state index < -0.39 is 24.0 Å². The topological polar surface area (TPSA) is 15.3 Å². The van der Waals surface area contributed by atoms with Crippen LogP contribution < -0.4 is 5.32 Å². The van der Waals surface area contributed by atoms with Crippen molar-refractivity contribution in [2.24, 2.45) is 0 Å². The van der Waals surface area contributed by atoms with Crippen LogP contribution >= 0.6 is 0 Å². The number of piperazine rings is 1. The molecule has 0 aromatic heterocycles. The van der Waals surface area contributed by atoms with Gasteiger partial charge in [-0.15, -0.1) is 0 Å². The van der Waals surface area contributed by atoms with E-state index >= 15 is 0 Å². The molecule has 0 spiro atoms. The molecule has 0 amide bonds. The van der Waals surface area contributed by atoms with Gasteiger partial charge in [0.05, 0.1) is 5.56 Å². The van der Waals surface area contributed by atoms with Crippen molar-refractivity contribution in [3.8, 4) is 0 Å². The molecular weight excluding hydrogens is 298 g/mol. The van der Waals surface area contributed by atoms with Crippen molar-refractivity contribution < 1.29 is 26.3 Å². The SMILES string of the molecule is FC(F)(F)c1ccc([C@@H](N2CCNCC2)C(F)(F)F)cc1. The molecule has 0 saturated carbocycles. The molecule has 2 rings (SSSR count). The van der Waals surface area contributed by atoms with Crippen molar-refractivity contribution in [3.63, 3.8) is 0 Å². The van der Waals surface area contributed by atoms with Crippen LogP contribution in [0.3, 0.4) is 0 Å². The summed E-state index contributed by atoms with van der Waals surface area (Å²) < 4.78 is 77.1. The van der Waals surface area contributed by atoms with Gasteiger partial charge in [0.15, 0.2) is 0 Å². The molecule has 0 bridgehead atoms. The summed E-state index contributed by atoms with van der Waals surface area (Å²) in [4.78, 5) is 1.24. The molecule has 1 heterocycles. The number of halogens is 6. The number of nitrogens with one attached hydrogen (secondary N) is 1. The third-order valence-corrected chi connectivity index (χ3v) is 3.38. The minimum atomic E-state index is -4.55. The Morgan fingerprint density at radius 3 is 1.86 bits per heavy atom. The number of rotatable bonds is 2. The molecule has 1 aromatic carbocycles. The Hall–Kier alpha value is -1.28. The lowest BCUT2D eigenvalue weighted by molar-refractivity contribution is -0.187. The zero-order valence-electron chi connectivity index (χ0n) is 10.9. The Balaban J connectivity index is 2.29. The van der Waals surface area contributed by atoms with E-state index in [1.54, 1.807) is 0 Å². The molecule has 2 nitrogen and oxygen atoms in total. The smallest absolute Gasteiger partial charge is 0.314 e. The highest BCUT2D eigenvalue weighted by Crippen LogP contribution is 2.39. The minimum Gasteiger partial charge on any atom is -0.314 e. The van der Waals surface area contributed by atoms with E-state index in [1.807, 2.05) is 0 Å². The molecule has 1 atom stereocenters. The standard InChI is InChI=1S/C13H14F6N2/c14-12(15,16)10-3-1-9(2-4-10)11(13(17,18)19)21-7-5-20-6-8-21/h1-4,11,20H,5-8H2/t11-/m1/s1. The van der Waals surface area contributed by atoms with Crippen molar-refractivity contribution in [1.29, 1.82) is 0 Å². The maximum absolute atomic E-state index is 13.2. The van der Waals surface area contributed by atoms with Gasteiger partial charge in [-0.25, -0.2) is 0 Å². The van der Waals surface area contributed by atoms with Crippen LogP contribution in [0.25, 0.3) is 0 Å². The van der Waals surface area contributed by atoms with Crippen molar-refractivity contribution in [1.82, 2.24) is 10.2 Å². The van der Waals surface area contributed by atoms with Crippen LogP contribution in [0.1, 0.15) is 17.2 Å². The van der Waals surface area contributed by atoms with E-state index in [1.165, 1.54) is 4.90 Å². The van der Waals surface area contributed by atoms with Gasteiger partial charge in [0.25, 0.3) is 0 Å². The van der Waals surface area contributed by atoms with Crippen molar-refractivity contribution >= 4 is 0 Å². The summed E-state index contributed by atoms with van der Waals surface area (Å²) in [5.74, 6) is 0. The maximum atomic E-state index is 13.2. The molecule has 1 aliphatic heterocycles. The highest BCUT2D eigenvalue weighted by Gasteiger charge is 2.45. The van der Waals surface area contributed by atoms with Crippen LogP contribution in [0.5, 0.6) is 0 Å². The fraction of sp³-hybridized carbons (Fsp3) is 0.538. The van der Waals surface area contributed by atoms with Crippen LogP contribution in [0.15, 0.2) is 24.3 Å². The number of hydrogen-bond acceptors (Lipinski definition) is 2. The van der Waals surface area contributed by atoms with Crippen molar-refractivity contribution in [2.45, 2.75) is 18.4 Å². The van der Waals surface area contributed by atoms with Gasteiger partial charge in [-0.3, -0.25) is 4.90 Å². The zero-order valence-corrected chi connectivity index (χ0v) is 10.9. The van der Waals surface area contributed by atoms with Crippen LogP contribution in [0.2, 0.25) is 0 Å². The molecule has 8 heteroatoms. The zero-order chi connectivity index (χ0) is 15.7. The molecule has 1 saturated heterocycles. The average molecular weight is 312 g/mol. The second-order valence-electron chi connectivity index (χ2n) is 4.85. The first-order chi connectivity index (χ1) is 9.69. The lowest BCUT2D eigenvalue weighted by Crippen LogP contribution is -2.49. The van der Waals surface area contributed by atoms with Crippen molar-refractivity contribution in [2.75, 3.05) is 26.2 Å². The van der Waals surface area contributed by atoms with Crippen LogP contribution in [0, 0.1) is 0 Å². The summed E-state index contributed by atoms with van der Waals surface area (Å²) in [5.41, 5.74) is -1.12. The molecule has 0 unspecified atom stereocenters. The third kappa shape index (κ3) is 3.88. The fourth-order valence-electron chi connectivity index (χ4n) is 2.40. The molecule has 1 aliphatic rings. The highest BCUT2D eigenvalue weighted by molar-refractivity contribution is 5.28. The third-order valence-electron chi connectivity index (χ3n) is 3.38. The van der Waals surface area contributed by atoms with Gasteiger partial charge in [-0.05, 0) is 17.7 Å². The summed E-state index contributed by atoms with van der Waals surface area (Å²) in [7, 11) is 0. The lowest BCUT2D eigenvalue weighted by Gasteiger charge is -2.36. The first-order valence-corrected chi connectivity index (χ1v) is 6.38. The number of benzene rings is 1. The second-order valence-corrected chi connectivity index (χ2v) is 4.85. The Kier molecular flexibility index (Phi) is 4.48. The summed E-state index contributed by atoms with van der Waals surface area (Å²) in [5, 5.41) is 2.94. The Morgan fingerprint density at radius 1 is 0.905 bits per heavy atom. The molecular formula is C13H14F6N2. The maximum Gasteiger partial charge on any atom is 0.416 e. The van der Waals surface area contributed by atoms with Gasteiger partial charge in [-0.2, -0.15) is 26.3 Å². The highest BCUT2D eigenvalue weighted by atomic mass is 19.4. The van der Waals surface area contributed by atoms with E-state index in [2.05, 4.69) is 5.32 Å². The molecule has 0 radical (unpaired) electrons. The number of hydrogen-bond donors (Lipinski definition) is 1. The Bertz CT molecular complexity index is 459. The van der Waals surface area contributed by atoms with Gasteiger partial charge in [0.1, 0.15) is 6.04 Å². The first-order valence-electron chi connectivity index (χ1n) is 6.38. The molecule has 118 valence electrons. The van der Waals surface area contributed by atoms with E-state index in [4.69, 9.17) is 0 Å². The van der Waals surface area contributed by atoms with E-state index in [0.717, 1.165) is 12.1 Å². The van der Waals surface area contributed by atoms with Gasteiger partial charge < -0.3 is 5.32 Å². The molecule has 1 N–H and O–H groups in total. The molecule has 1 fully saturated rings. The number of alkyl halides is 6. The van der Waals surface area contributed by atoms with E-state index in [-0.39, 0.29) is 18.7 Å². The minimum absolute atomic E-state index is 0.169. The lowest BCUT2D eigenvalue weighted by atomic mass is 10.0. The quantitative estimate of drug-likeness (QED) is 0.844. The van der Waals surface area contributed by atoms with E-state index in [9.17, 15) is 26.3 Å². The van der Waals surface area contributed by atoms with Crippen molar-refractivity contribution in [3.05, 3.63) is 35.4 Å². The van der Waals surface area contributed by atoms with E-state index in [0.29, 0.717) is 25.2 Å². The van der Waals surface area contributed by atoms with Gasteiger partial charge in [-0.1, -0.05) is 12.1 Å². The van der Waals surface area contributed by atoms with Gasteiger partial charge in [0, 0.05) is 26.2 Å². The predicted octanol–water partition coefficient (Wildman–Crippen LogP) is 3.21. The summed E-state index contributed by atoms with van der Waals surface area (Å²) >= 11 is 0. The molecule has 0 aliphatic carbocycles. The normalized spacial score (nSPS) is 19.5. The summed E-state index contributed by atoms with van der Waals surface area (Å²) in [6, 6.07) is 1.32. The van der Waals surface area contributed by atoms with Gasteiger partial charge >= 0.3 is 12.4 Å². The molecule has 1 aromatic rings. The Labute approximate surface area is 117 Å². The van der Waals surface area contributed by atoms with Crippen LogP contribution in [-0.2, 0) is 6.18 Å². The van der Waals surface area contributed by atoms with Crippen LogP contribution in [0.4, 0.5) is 26.3 Å². The Morgan fingerprint density at radius 2 is 1.43 bits per heavy atom. The predicted molar refractivity (Wildman–Crippen MR) is 64.7 cm³/mol. The van der Waals surface area contributed by atoms with Crippen LogP contribution in [-0.4, -0.2) is 37.3 Å². The van der Waals surface area contributed by atoms with Gasteiger partial charge in [0.2, 0.25) is 0 Å². The number of nitrogens with zero attached hydrogens (tertiary/aromatic N) is 1.